The fraction of sp³-hybridized carbons (Fsp3) is 0.500. The summed E-state index contributed by atoms with van der Waals surface area (Å²) in [5, 5.41) is 0. The summed E-state index contributed by atoms with van der Waals surface area (Å²) in [6, 6.07) is 9.11. The third-order valence-electron chi connectivity index (χ3n) is 6.65. The van der Waals surface area contributed by atoms with Crippen molar-refractivity contribution in [2.75, 3.05) is 33.9 Å². The summed E-state index contributed by atoms with van der Waals surface area (Å²) < 4.78 is 17.0. The average molecular weight is 468 g/mol. The summed E-state index contributed by atoms with van der Waals surface area (Å²) in [6.45, 7) is 1.24. The minimum absolute atomic E-state index is 0.0252. The molecule has 2 aromatic rings. The molecule has 2 amide bonds. The lowest BCUT2D eigenvalue weighted by Gasteiger charge is -2.34. The van der Waals surface area contributed by atoms with Crippen LogP contribution >= 0.6 is 0 Å². The molecule has 182 valence electrons. The molecule has 1 saturated heterocycles. The number of amides is 2. The van der Waals surface area contributed by atoms with Crippen LogP contribution < -0.4 is 9.47 Å². The van der Waals surface area contributed by atoms with Gasteiger partial charge in [-0.25, -0.2) is 0 Å². The van der Waals surface area contributed by atoms with Crippen LogP contribution in [0, 0.1) is 0 Å². The molecule has 1 aromatic carbocycles. The Kier molecular flexibility index (Phi) is 8.00. The molecular weight excluding hydrogens is 434 g/mol. The van der Waals surface area contributed by atoms with Gasteiger partial charge < -0.3 is 24.0 Å². The van der Waals surface area contributed by atoms with Crippen LogP contribution in [0.5, 0.6) is 11.5 Å². The number of methoxy groups -OCH3 is 2. The van der Waals surface area contributed by atoms with Crippen molar-refractivity contribution in [2.45, 2.75) is 50.9 Å². The molecule has 2 heterocycles. The zero-order valence-electron chi connectivity index (χ0n) is 19.9. The van der Waals surface area contributed by atoms with Crippen LogP contribution in [0.4, 0.5) is 0 Å². The Morgan fingerprint density at radius 2 is 1.79 bits per heavy atom. The van der Waals surface area contributed by atoms with Gasteiger partial charge in [-0.05, 0) is 42.7 Å². The summed E-state index contributed by atoms with van der Waals surface area (Å²) in [5.41, 5.74) is 1.40. The Bertz CT molecular complexity index is 978. The molecule has 34 heavy (non-hydrogen) atoms. The second-order valence-electron chi connectivity index (χ2n) is 8.88. The predicted molar refractivity (Wildman–Crippen MR) is 127 cm³/mol. The number of nitrogens with zero attached hydrogens (tertiary/aromatic N) is 3. The van der Waals surface area contributed by atoms with Gasteiger partial charge in [0.2, 0.25) is 5.91 Å². The van der Waals surface area contributed by atoms with E-state index >= 15 is 0 Å². The maximum atomic E-state index is 13.6. The zero-order valence-corrected chi connectivity index (χ0v) is 19.9. The molecule has 1 aliphatic heterocycles. The highest BCUT2D eigenvalue weighted by atomic mass is 16.5. The molecule has 1 aromatic heterocycles. The van der Waals surface area contributed by atoms with E-state index in [1.54, 1.807) is 42.6 Å². The highest BCUT2D eigenvalue weighted by Crippen LogP contribution is 2.28. The fourth-order valence-electron chi connectivity index (χ4n) is 4.79. The van der Waals surface area contributed by atoms with Crippen molar-refractivity contribution in [3.05, 3.63) is 53.9 Å². The third kappa shape index (κ3) is 5.67. The van der Waals surface area contributed by atoms with Gasteiger partial charge in [-0.1, -0.05) is 19.3 Å². The van der Waals surface area contributed by atoms with E-state index in [1.165, 1.54) is 13.5 Å². The van der Waals surface area contributed by atoms with Gasteiger partial charge in [-0.3, -0.25) is 14.6 Å². The van der Waals surface area contributed by atoms with E-state index in [2.05, 4.69) is 4.98 Å². The Hall–Kier alpha value is -3.13. The van der Waals surface area contributed by atoms with Crippen molar-refractivity contribution in [2.24, 2.45) is 0 Å². The summed E-state index contributed by atoms with van der Waals surface area (Å²) in [6.07, 6.45) is 8.64. The summed E-state index contributed by atoms with van der Waals surface area (Å²) in [7, 11) is 3.08. The van der Waals surface area contributed by atoms with E-state index in [9.17, 15) is 9.59 Å². The van der Waals surface area contributed by atoms with Crippen LogP contribution in [-0.4, -0.2) is 72.6 Å². The maximum Gasteiger partial charge on any atom is 0.258 e. The highest BCUT2D eigenvalue weighted by molar-refractivity contribution is 5.99. The molecule has 1 unspecified atom stereocenters. The highest BCUT2D eigenvalue weighted by Gasteiger charge is 2.35. The largest absolute Gasteiger partial charge is 0.497 e. The number of benzene rings is 1. The molecule has 0 bridgehead atoms. The summed E-state index contributed by atoms with van der Waals surface area (Å²) >= 11 is 0. The SMILES string of the molecule is COc1ccc(C(=O)N2CC(=O)N(C3CCCCC3)CC(OCc3ccncc3)C2)c(OC)c1. The Morgan fingerprint density at radius 1 is 1.03 bits per heavy atom. The second kappa shape index (κ2) is 11.3. The first kappa shape index (κ1) is 24.0. The lowest BCUT2D eigenvalue weighted by molar-refractivity contribution is -0.134. The van der Waals surface area contributed by atoms with Gasteiger partial charge in [0.05, 0.1) is 32.5 Å². The zero-order chi connectivity index (χ0) is 23.9. The van der Waals surface area contributed by atoms with Crippen molar-refractivity contribution in [3.63, 3.8) is 0 Å². The summed E-state index contributed by atoms with van der Waals surface area (Å²) in [4.78, 5) is 34.5. The van der Waals surface area contributed by atoms with E-state index < -0.39 is 0 Å². The molecule has 2 fully saturated rings. The van der Waals surface area contributed by atoms with Crippen LogP contribution in [0.15, 0.2) is 42.7 Å². The van der Waals surface area contributed by atoms with Gasteiger partial charge >= 0.3 is 0 Å². The van der Waals surface area contributed by atoms with Crippen molar-refractivity contribution < 1.29 is 23.8 Å². The summed E-state index contributed by atoms with van der Waals surface area (Å²) in [5.74, 6) is 0.736. The Morgan fingerprint density at radius 3 is 2.50 bits per heavy atom. The van der Waals surface area contributed by atoms with E-state index in [0.717, 1.165) is 31.2 Å². The molecule has 1 saturated carbocycles. The number of aromatic nitrogens is 1. The molecular formula is C26H33N3O5. The number of hydrogen-bond acceptors (Lipinski definition) is 6. The van der Waals surface area contributed by atoms with Crippen molar-refractivity contribution >= 4 is 11.8 Å². The lowest BCUT2D eigenvalue weighted by Crippen LogP contribution is -2.46. The molecule has 0 spiro atoms. The Balaban J connectivity index is 1.56. The smallest absolute Gasteiger partial charge is 0.258 e. The van der Waals surface area contributed by atoms with E-state index in [0.29, 0.717) is 36.8 Å². The normalized spacial score (nSPS) is 19.6. The van der Waals surface area contributed by atoms with Crippen LogP contribution in [0.25, 0.3) is 0 Å². The van der Waals surface area contributed by atoms with Gasteiger partial charge in [-0.2, -0.15) is 0 Å². The number of rotatable bonds is 7. The second-order valence-corrected chi connectivity index (χ2v) is 8.88. The number of pyridine rings is 1. The number of carbonyl (C=O) groups is 2. The van der Waals surface area contributed by atoms with E-state index in [-0.39, 0.29) is 30.5 Å². The molecule has 0 N–H and O–H groups in total. The number of carbonyl (C=O) groups excluding carboxylic acids is 2. The van der Waals surface area contributed by atoms with Gasteiger partial charge in [0, 0.05) is 37.6 Å². The Labute approximate surface area is 200 Å². The van der Waals surface area contributed by atoms with Crippen LogP contribution in [0.2, 0.25) is 0 Å². The van der Waals surface area contributed by atoms with E-state index in [4.69, 9.17) is 14.2 Å². The topological polar surface area (TPSA) is 81.2 Å². The molecule has 8 nitrogen and oxygen atoms in total. The first-order chi connectivity index (χ1) is 16.6. The third-order valence-corrected chi connectivity index (χ3v) is 6.65. The molecule has 1 atom stereocenters. The standard InChI is InChI=1S/C26H33N3O5/c1-32-21-8-9-23(24(14-21)33-2)26(31)28-15-22(34-18-19-10-12-27-13-11-19)16-29(25(30)17-28)20-6-4-3-5-7-20/h8-14,20,22H,3-7,15-18H2,1-2H3. The lowest BCUT2D eigenvalue weighted by atomic mass is 9.94. The van der Waals surface area contributed by atoms with Gasteiger partial charge in [0.15, 0.2) is 0 Å². The minimum atomic E-state index is -0.297. The van der Waals surface area contributed by atoms with Crippen molar-refractivity contribution in [1.82, 2.24) is 14.8 Å². The van der Waals surface area contributed by atoms with Crippen LogP contribution in [-0.2, 0) is 16.1 Å². The van der Waals surface area contributed by atoms with Gasteiger partial charge in [-0.15, -0.1) is 0 Å². The quantitative estimate of drug-likeness (QED) is 0.622. The first-order valence-corrected chi connectivity index (χ1v) is 11.9. The predicted octanol–water partition coefficient (Wildman–Crippen LogP) is 3.30. The minimum Gasteiger partial charge on any atom is -0.497 e. The average Bonchev–Trinajstić information content (AvgIpc) is 3.06. The maximum absolute atomic E-state index is 13.6. The molecule has 0 radical (unpaired) electrons. The van der Waals surface area contributed by atoms with Crippen LogP contribution in [0.3, 0.4) is 0 Å². The number of hydrogen-bond donors (Lipinski definition) is 0. The van der Waals surface area contributed by atoms with Crippen molar-refractivity contribution in [1.29, 1.82) is 0 Å². The fourth-order valence-corrected chi connectivity index (χ4v) is 4.79. The monoisotopic (exact) mass is 467 g/mol. The first-order valence-electron chi connectivity index (χ1n) is 11.9. The number of ether oxygens (including phenoxy) is 3. The van der Waals surface area contributed by atoms with Crippen molar-refractivity contribution in [3.8, 4) is 11.5 Å². The van der Waals surface area contributed by atoms with Crippen LogP contribution in [0.1, 0.15) is 48.0 Å². The van der Waals surface area contributed by atoms with E-state index in [1.807, 2.05) is 17.0 Å². The molecule has 1 aliphatic carbocycles. The molecule has 8 heteroatoms. The van der Waals surface area contributed by atoms with Gasteiger partial charge in [0.1, 0.15) is 18.0 Å². The van der Waals surface area contributed by atoms with Gasteiger partial charge in [0.25, 0.3) is 5.91 Å². The molecule has 2 aliphatic rings. The molecule has 4 rings (SSSR count).